The van der Waals surface area contributed by atoms with E-state index >= 15 is 0 Å². The van der Waals surface area contributed by atoms with Gasteiger partial charge in [-0.15, -0.1) is 0 Å². The Morgan fingerprint density at radius 3 is 2.39 bits per heavy atom. The molecule has 3 aromatic rings. The van der Waals surface area contributed by atoms with Crippen molar-refractivity contribution in [3.05, 3.63) is 63.0 Å². The van der Waals surface area contributed by atoms with Crippen LogP contribution in [0.1, 0.15) is 41.3 Å². The Hall–Kier alpha value is -2.19. The third-order valence-corrected chi connectivity index (χ3v) is 7.26. The number of morpholine rings is 1. The minimum Gasteiger partial charge on any atom is -0.372 e. The quantitative estimate of drug-likeness (QED) is 0.484. The Morgan fingerprint density at radius 1 is 1.09 bits per heavy atom. The van der Waals surface area contributed by atoms with Crippen molar-refractivity contribution in [2.45, 2.75) is 46.4 Å². The zero-order valence-corrected chi connectivity index (χ0v) is 21.3. The third-order valence-electron chi connectivity index (χ3n) is 5.32. The standard InChI is InChI=1S/C24H26Cl2N4O2S/c1-13-7-18(8-14(2)28-13)22-21(10-27-23(31)17-5-6-19(25)20(26)9-17)29-24(33-22)30-11-15(3)32-16(4)12-30/h5-9,15-16H,10-12H2,1-4H3,(H,27,31)/t15-,16+. The van der Waals surface area contributed by atoms with Crippen molar-refractivity contribution in [1.29, 1.82) is 0 Å². The van der Waals surface area contributed by atoms with Crippen molar-refractivity contribution in [1.82, 2.24) is 15.3 Å². The molecule has 0 unspecified atom stereocenters. The van der Waals surface area contributed by atoms with Crippen molar-refractivity contribution in [3.8, 4) is 10.4 Å². The Balaban J connectivity index is 1.64. The van der Waals surface area contributed by atoms with Crippen LogP contribution in [0.3, 0.4) is 0 Å². The van der Waals surface area contributed by atoms with Gasteiger partial charge in [0.15, 0.2) is 5.13 Å². The topological polar surface area (TPSA) is 67.3 Å². The molecule has 2 atom stereocenters. The Bertz CT molecular complexity index is 1150. The van der Waals surface area contributed by atoms with E-state index in [2.05, 4.69) is 41.2 Å². The van der Waals surface area contributed by atoms with Gasteiger partial charge in [-0.05, 0) is 63.6 Å². The molecule has 1 aliphatic rings. The molecule has 1 amide bonds. The third kappa shape index (κ3) is 5.66. The number of thiazole rings is 1. The van der Waals surface area contributed by atoms with Gasteiger partial charge in [-0.2, -0.15) is 0 Å². The lowest BCUT2D eigenvalue weighted by molar-refractivity contribution is -0.00523. The summed E-state index contributed by atoms with van der Waals surface area (Å²) in [7, 11) is 0. The number of aromatic nitrogens is 2. The second kappa shape index (κ2) is 9.97. The summed E-state index contributed by atoms with van der Waals surface area (Å²) in [6.07, 6.45) is 0.258. The summed E-state index contributed by atoms with van der Waals surface area (Å²) < 4.78 is 5.89. The number of ether oxygens (including phenoxy) is 1. The van der Waals surface area contributed by atoms with E-state index in [-0.39, 0.29) is 18.1 Å². The molecule has 1 aliphatic heterocycles. The largest absolute Gasteiger partial charge is 0.372 e. The molecular weight excluding hydrogens is 479 g/mol. The molecule has 3 heterocycles. The number of benzene rings is 1. The Labute approximate surface area is 207 Å². The van der Waals surface area contributed by atoms with Crippen molar-refractivity contribution in [2.24, 2.45) is 0 Å². The predicted molar refractivity (Wildman–Crippen MR) is 135 cm³/mol. The van der Waals surface area contributed by atoms with Crippen LogP contribution in [0.5, 0.6) is 0 Å². The average Bonchev–Trinajstić information content (AvgIpc) is 3.17. The van der Waals surface area contributed by atoms with Crippen molar-refractivity contribution >= 4 is 45.6 Å². The summed E-state index contributed by atoms with van der Waals surface area (Å²) >= 11 is 13.7. The van der Waals surface area contributed by atoms with Gasteiger partial charge in [0.2, 0.25) is 0 Å². The molecule has 4 rings (SSSR count). The van der Waals surface area contributed by atoms with Crippen LogP contribution in [0.4, 0.5) is 5.13 Å². The highest BCUT2D eigenvalue weighted by Gasteiger charge is 2.26. The number of carbonyl (C=O) groups is 1. The molecule has 1 fully saturated rings. The van der Waals surface area contributed by atoms with Crippen molar-refractivity contribution in [2.75, 3.05) is 18.0 Å². The van der Waals surface area contributed by atoms with E-state index in [1.807, 2.05) is 13.8 Å². The lowest BCUT2D eigenvalue weighted by atomic mass is 10.1. The number of anilines is 1. The first-order valence-corrected chi connectivity index (χ1v) is 12.4. The molecule has 0 aliphatic carbocycles. The molecule has 0 spiro atoms. The molecule has 0 bridgehead atoms. The smallest absolute Gasteiger partial charge is 0.251 e. The zero-order chi connectivity index (χ0) is 23.7. The van der Waals surface area contributed by atoms with E-state index in [0.717, 1.165) is 45.7 Å². The van der Waals surface area contributed by atoms with E-state index < -0.39 is 0 Å². The first-order chi connectivity index (χ1) is 15.7. The van der Waals surface area contributed by atoms with Crippen LogP contribution in [0, 0.1) is 13.8 Å². The fourth-order valence-corrected chi connectivity index (χ4v) is 5.41. The van der Waals surface area contributed by atoms with Crippen LogP contribution in [0.15, 0.2) is 30.3 Å². The highest BCUT2D eigenvalue weighted by atomic mass is 35.5. The summed E-state index contributed by atoms with van der Waals surface area (Å²) in [5.41, 5.74) is 4.21. The van der Waals surface area contributed by atoms with Crippen LogP contribution >= 0.6 is 34.5 Å². The van der Waals surface area contributed by atoms with Gasteiger partial charge in [0, 0.05) is 30.0 Å². The summed E-state index contributed by atoms with van der Waals surface area (Å²) in [4.78, 5) is 25.5. The Morgan fingerprint density at radius 2 is 1.76 bits per heavy atom. The lowest BCUT2D eigenvalue weighted by Gasteiger charge is -2.35. The molecule has 1 aromatic carbocycles. The number of aryl methyl sites for hydroxylation is 2. The molecule has 0 saturated carbocycles. The van der Waals surface area contributed by atoms with E-state index in [4.69, 9.17) is 32.9 Å². The molecule has 174 valence electrons. The van der Waals surface area contributed by atoms with Crippen LogP contribution in [0.25, 0.3) is 10.4 Å². The number of carbonyl (C=O) groups excluding carboxylic acids is 1. The van der Waals surface area contributed by atoms with Crippen LogP contribution in [-0.4, -0.2) is 41.2 Å². The molecule has 33 heavy (non-hydrogen) atoms. The van der Waals surface area contributed by atoms with E-state index in [9.17, 15) is 4.79 Å². The van der Waals surface area contributed by atoms with Gasteiger partial charge in [-0.25, -0.2) is 4.98 Å². The van der Waals surface area contributed by atoms with Crippen molar-refractivity contribution in [3.63, 3.8) is 0 Å². The summed E-state index contributed by atoms with van der Waals surface area (Å²) in [6, 6.07) is 8.95. The SMILES string of the molecule is Cc1cc(-c2sc(N3C[C@@H](C)O[C@@H](C)C3)nc2CNC(=O)c2ccc(Cl)c(Cl)c2)cc(C)n1. The summed E-state index contributed by atoms with van der Waals surface area (Å²) in [5.74, 6) is -0.232. The van der Waals surface area contributed by atoms with Gasteiger partial charge >= 0.3 is 0 Å². The molecule has 9 heteroatoms. The second-order valence-electron chi connectivity index (χ2n) is 8.38. The highest BCUT2D eigenvalue weighted by Crippen LogP contribution is 2.36. The Kier molecular flexibility index (Phi) is 7.24. The molecular formula is C24H26Cl2N4O2S. The number of halogens is 2. The zero-order valence-electron chi connectivity index (χ0n) is 19.0. The summed E-state index contributed by atoms with van der Waals surface area (Å²) in [5, 5.41) is 4.67. The number of pyridine rings is 1. The highest BCUT2D eigenvalue weighted by molar-refractivity contribution is 7.19. The molecule has 0 radical (unpaired) electrons. The van der Waals surface area contributed by atoms with Gasteiger partial charge in [-0.1, -0.05) is 34.5 Å². The molecule has 2 aromatic heterocycles. The fourth-order valence-electron chi connectivity index (χ4n) is 4.02. The number of hydrogen-bond donors (Lipinski definition) is 1. The number of hydrogen-bond acceptors (Lipinski definition) is 6. The van der Waals surface area contributed by atoms with Crippen LogP contribution in [0.2, 0.25) is 10.0 Å². The monoisotopic (exact) mass is 504 g/mol. The van der Waals surface area contributed by atoms with Gasteiger partial charge in [-0.3, -0.25) is 9.78 Å². The summed E-state index contributed by atoms with van der Waals surface area (Å²) in [6.45, 7) is 9.96. The van der Waals surface area contributed by atoms with E-state index in [1.54, 1.807) is 29.5 Å². The number of amides is 1. The van der Waals surface area contributed by atoms with E-state index in [1.165, 1.54) is 0 Å². The predicted octanol–water partition coefficient (Wildman–Crippen LogP) is 5.67. The molecule has 1 saturated heterocycles. The van der Waals surface area contributed by atoms with Gasteiger partial charge in [0.1, 0.15) is 0 Å². The number of nitrogens with one attached hydrogen (secondary N) is 1. The fraction of sp³-hybridized carbons (Fsp3) is 0.375. The maximum Gasteiger partial charge on any atom is 0.251 e. The van der Waals surface area contributed by atoms with Crippen molar-refractivity contribution < 1.29 is 9.53 Å². The number of nitrogens with zero attached hydrogens (tertiary/aromatic N) is 3. The normalized spacial score (nSPS) is 18.4. The lowest BCUT2D eigenvalue weighted by Crippen LogP contribution is -2.45. The van der Waals surface area contributed by atoms with Gasteiger partial charge < -0.3 is 15.0 Å². The first kappa shape index (κ1) is 24.0. The second-order valence-corrected chi connectivity index (χ2v) is 10.2. The molecule has 6 nitrogen and oxygen atoms in total. The minimum absolute atomic E-state index is 0.129. The van der Waals surface area contributed by atoms with Crippen LogP contribution in [-0.2, 0) is 11.3 Å². The maximum absolute atomic E-state index is 12.8. The van der Waals surface area contributed by atoms with Gasteiger partial charge in [0.25, 0.3) is 5.91 Å². The average molecular weight is 505 g/mol. The molecule has 1 N–H and O–H groups in total. The van der Waals surface area contributed by atoms with Gasteiger partial charge in [0.05, 0.1) is 39.4 Å². The van der Waals surface area contributed by atoms with Crippen LogP contribution < -0.4 is 10.2 Å². The minimum atomic E-state index is -0.232. The van der Waals surface area contributed by atoms with E-state index in [0.29, 0.717) is 22.2 Å². The first-order valence-electron chi connectivity index (χ1n) is 10.8. The number of rotatable bonds is 5. The maximum atomic E-state index is 12.8.